The van der Waals surface area contributed by atoms with Gasteiger partial charge in [-0.25, -0.2) is 0 Å². The third-order valence-electron chi connectivity index (χ3n) is 6.73. The van der Waals surface area contributed by atoms with Crippen LogP contribution in [0.25, 0.3) is 0 Å². The summed E-state index contributed by atoms with van der Waals surface area (Å²) in [6.45, 7) is 4.67. The normalized spacial score (nSPS) is 17.7. The molecule has 40 heavy (non-hydrogen) atoms. The zero-order chi connectivity index (χ0) is 28.5. The van der Waals surface area contributed by atoms with Gasteiger partial charge in [0.25, 0.3) is 0 Å². The Kier molecular flexibility index (Phi) is 10.2. The van der Waals surface area contributed by atoms with Crippen LogP contribution in [-0.4, -0.2) is 57.8 Å². The number of hydrogen-bond acceptors (Lipinski definition) is 8. The van der Waals surface area contributed by atoms with Crippen LogP contribution in [0.3, 0.4) is 0 Å². The second-order valence-electron chi connectivity index (χ2n) is 10.0. The maximum absolute atomic E-state index is 13.8. The highest BCUT2D eigenvalue weighted by atomic mass is 16.8. The smallest absolute Gasteiger partial charge is 0.203 e. The van der Waals surface area contributed by atoms with E-state index < -0.39 is 24.1 Å². The summed E-state index contributed by atoms with van der Waals surface area (Å²) in [6, 6.07) is 23.0. The molecule has 0 amide bonds. The van der Waals surface area contributed by atoms with Crippen LogP contribution in [-0.2, 0) is 32.2 Å². The zero-order valence-electron chi connectivity index (χ0n) is 23.8. The molecule has 0 unspecified atom stereocenters. The van der Waals surface area contributed by atoms with Crippen molar-refractivity contribution >= 4 is 5.78 Å². The quantitative estimate of drug-likeness (QED) is 0.240. The molecule has 1 heterocycles. The molecule has 0 aromatic heterocycles. The summed E-state index contributed by atoms with van der Waals surface area (Å²) in [5.74, 6) is 0.283. The second-order valence-corrected chi connectivity index (χ2v) is 10.0. The Labute approximate surface area is 236 Å². The molecule has 0 aliphatic carbocycles. The summed E-state index contributed by atoms with van der Waals surface area (Å²) in [6.07, 6.45) is -1.63. The second kappa shape index (κ2) is 13.8. The number of carbonyl (C=O) groups excluding carboxylic acids is 1. The molecule has 4 rings (SSSR count). The standard InChI is InChI=1S/C32H38O8/c1-32(2)39-21-29(40-32)31(38-20-23-14-10-7-11-15-23)28(37-19-22-12-8-6-9-13-22)18-25(33)24-16-26(34-3)30(36-5)27(17-24)35-4/h6-17,28-29,31H,18-21H2,1-5H3/t28-,29-,31+/m1/s1. The molecule has 1 fully saturated rings. The maximum Gasteiger partial charge on any atom is 0.203 e. The van der Waals surface area contributed by atoms with Gasteiger partial charge in [-0.15, -0.1) is 0 Å². The number of carbonyl (C=O) groups is 1. The summed E-state index contributed by atoms with van der Waals surface area (Å²) in [5.41, 5.74) is 2.40. The monoisotopic (exact) mass is 550 g/mol. The molecule has 1 aliphatic rings. The Morgan fingerprint density at radius 2 is 1.40 bits per heavy atom. The van der Waals surface area contributed by atoms with E-state index in [2.05, 4.69) is 0 Å². The number of rotatable bonds is 14. The van der Waals surface area contributed by atoms with E-state index in [1.807, 2.05) is 74.5 Å². The zero-order valence-corrected chi connectivity index (χ0v) is 23.8. The minimum absolute atomic E-state index is 0.0330. The van der Waals surface area contributed by atoms with E-state index in [0.717, 1.165) is 11.1 Å². The minimum Gasteiger partial charge on any atom is -0.493 e. The lowest BCUT2D eigenvalue weighted by atomic mass is 9.98. The molecule has 0 spiro atoms. The van der Waals surface area contributed by atoms with Gasteiger partial charge in [0.2, 0.25) is 5.75 Å². The first kappa shape index (κ1) is 29.6. The van der Waals surface area contributed by atoms with Crippen LogP contribution in [0.4, 0.5) is 0 Å². The fourth-order valence-corrected chi connectivity index (χ4v) is 4.69. The molecule has 0 bridgehead atoms. The van der Waals surface area contributed by atoms with Crippen molar-refractivity contribution in [2.75, 3.05) is 27.9 Å². The number of benzene rings is 3. The summed E-state index contributed by atoms with van der Waals surface area (Å²) >= 11 is 0. The molecule has 0 saturated carbocycles. The van der Waals surface area contributed by atoms with E-state index in [-0.39, 0.29) is 12.2 Å². The van der Waals surface area contributed by atoms with Gasteiger partial charge in [0.05, 0.1) is 47.3 Å². The maximum atomic E-state index is 13.8. The van der Waals surface area contributed by atoms with Gasteiger partial charge < -0.3 is 33.2 Å². The van der Waals surface area contributed by atoms with Crippen molar-refractivity contribution in [1.82, 2.24) is 0 Å². The Hall–Kier alpha value is -3.43. The Morgan fingerprint density at radius 1 is 0.850 bits per heavy atom. The van der Waals surface area contributed by atoms with Crippen LogP contribution in [0.2, 0.25) is 0 Å². The fraction of sp³-hybridized carbons (Fsp3) is 0.406. The highest BCUT2D eigenvalue weighted by Gasteiger charge is 2.42. The van der Waals surface area contributed by atoms with Gasteiger partial charge in [0.15, 0.2) is 23.1 Å². The number of ketones is 1. The third-order valence-corrected chi connectivity index (χ3v) is 6.73. The molecule has 1 aliphatic heterocycles. The Balaban J connectivity index is 1.64. The number of ether oxygens (including phenoxy) is 7. The van der Waals surface area contributed by atoms with Crippen LogP contribution in [0, 0.1) is 0 Å². The van der Waals surface area contributed by atoms with Gasteiger partial charge in [0.1, 0.15) is 12.2 Å². The van der Waals surface area contributed by atoms with Gasteiger partial charge >= 0.3 is 0 Å². The predicted molar refractivity (Wildman–Crippen MR) is 150 cm³/mol. The van der Waals surface area contributed by atoms with E-state index in [9.17, 15) is 4.79 Å². The number of Topliss-reactive ketones (excluding diaryl/α,β-unsaturated/α-hetero) is 1. The lowest BCUT2D eigenvalue weighted by Crippen LogP contribution is -2.44. The van der Waals surface area contributed by atoms with E-state index in [1.165, 1.54) is 21.3 Å². The van der Waals surface area contributed by atoms with Crippen molar-refractivity contribution in [3.05, 3.63) is 89.5 Å². The predicted octanol–water partition coefficient (Wildman–Crippen LogP) is 5.61. The van der Waals surface area contributed by atoms with Gasteiger partial charge in [0, 0.05) is 12.0 Å². The van der Waals surface area contributed by atoms with Crippen molar-refractivity contribution in [2.45, 2.75) is 57.6 Å². The molecule has 0 N–H and O–H groups in total. The number of methoxy groups -OCH3 is 3. The average molecular weight is 551 g/mol. The molecule has 8 heteroatoms. The van der Waals surface area contributed by atoms with E-state index >= 15 is 0 Å². The van der Waals surface area contributed by atoms with E-state index in [1.54, 1.807) is 12.1 Å². The van der Waals surface area contributed by atoms with Crippen molar-refractivity contribution < 1.29 is 38.0 Å². The number of hydrogen-bond donors (Lipinski definition) is 0. The third kappa shape index (κ3) is 7.61. The summed E-state index contributed by atoms with van der Waals surface area (Å²) in [7, 11) is 4.56. The molecular formula is C32H38O8. The van der Waals surface area contributed by atoms with Crippen molar-refractivity contribution in [2.24, 2.45) is 0 Å². The molecule has 3 aromatic rings. The lowest BCUT2D eigenvalue weighted by Gasteiger charge is -2.31. The highest BCUT2D eigenvalue weighted by molar-refractivity contribution is 5.97. The first-order chi connectivity index (χ1) is 19.3. The van der Waals surface area contributed by atoms with E-state index in [4.69, 9.17) is 33.2 Å². The van der Waals surface area contributed by atoms with Crippen molar-refractivity contribution in [3.8, 4) is 17.2 Å². The van der Waals surface area contributed by atoms with Gasteiger partial charge in [-0.1, -0.05) is 60.7 Å². The molecule has 8 nitrogen and oxygen atoms in total. The largest absolute Gasteiger partial charge is 0.493 e. The first-order valence-corrected chi connectivity index (χ1v) is 13.3. The van der Waals surface area contributed by atoms with Crippen LogP contribution in [0.5, 0.6) is 17.2 Å². The van der Waals surface area contributed by atoms with Gasteiger partial charge in [-0.3, -0.25) is 4.79 Å². The van der Waals surface area contributed by atoms with Crippen LogP contribution >= 0.6 is 0 Å². The minimum atomic E-state index is -0.774. The Bertz CT molecular complexity index is 1200. The summed E-state index contributed by atoms with van der Waals surface area (Å²) < 4.78 is 41.4. The van der Waals surface area contributed by atoms with Crippen molar-refractivity contribution in [3.63, 3.8) is 0 Å². The topological polar surface area (TPSA) is 81.7 Å². The molecule has 0 radical (unpaired) electrons. The SMILES string of the molecule is COc1cc(C(=O)C[C@@H](OCc2ccccc2)[C@H](OCc2ccccc2)[C@H]2COC(C)(C)O2)cc(OC)c1OC. The van der Waals surface area contributed by atoms with Crippen LogP contribution in [0.1, 0.15) is 41.8 Å². The molecule has 3 atom stereocenters. The van der Waals surface area contributed by atoms with Gasteiger partial charge in [-0.2, -0.15) is 0 Å². The molecule has 3 aromatic carbocycles. The highest BCUT2D eigenvalue weighted by Crippen LogP contribution is 2.39. The summed E-state index contributed by atoms with van der Waals surface area (Å²) in [4.78, 5) is 13.8. The molecule has 1 saturated heterocycles. The van der Waals surface area contributed by atoms with E-state index in [0.29, 0.717) is 42.6 Å². The lowest BCUT2D eigenvalue weighted by molar-refractivity contribution is -0.178. The van der Waals surface area contributed by atoms with Crippen molar-refractivity contribution in [1.29, 1.82) is 0 Å². The summed E-state index contributed by atoms with van der Waals surface area (Å²) in [5, 5.41) is 0. The molecule has 214 valence electrons. The van der Waals surface area contributed by atoms with Crippen LogP contribution < -0.4 is 14.2 Å². The Morgan fingerprint density at radius 3 is 1.88 bits per heavy atom. The fourth-order valence-electron chi connectivity index (χ4n) is 4.69. The van der Waals surface area contributed by atoms with Gasteiger partial charge in [-0.05, 0) is 37.1 Å². The first-order valence-electron chi connectivity index (χ1n) is 13.3. The van der Waals surface area contributed by atoms with Crippen LogP contribution in [0.15, 0.2) is 72.8 Å². The molecular weight excluding hydrogens is 512 g/mol. The average Bonchev–Trinajstić information content (AvgIpc) is 3.34.